The molecule has 0 saturated carbocycles. The molecular weight excluding hydrogens is 180 g/mol. The highest BCUT2D eigenvalue weighted by molar-refractivity contribution is 5.75. The molecule has 0 radical (unpaired) electrons. The van der Waals surface area contributed by atoms with E-state index in [9.17, 15) is 4.79 Å². The first-order chi connectivity index (χ1) is 6.53. The molecule has 14 heavy (non-hydrogen) atoms. The van der Waals surface area contributed by atoms with Gasteiger partial charge in [0.1, 0.15) is 0 Å². The van der Waals surface area contributed by atoms with Crippen molar-refractivity contribution in [1.82, 2.24) is 10.2 Å². The number of hydrogen-bond acceptors (Lipinski definition) is 3. The maximum Gasteiger partial charge on any atom is 0.223 e. The van der Waals surface area contributed by atoms with Gasteiger partial charge in [-0.15, -0.1) is 0 Å². The standard InChI is InChI=1S/C10H20N2O2/c1-10(7-14-8-10)6-11-5-4-9(13)12(2)3/h11H,4-8H2,1-3H3. The first-order valence-electron chi connectivity index (χ1n) is 5.02. The van der Waals surface area contributed by atoms with Crippen LogP contribution in [0.5, 0.6) is 0 Å². The Bertz CT molecular complexity index is 200. The van der Waals surface area contributed by atoms with Gasteiger partial charge in [0.2, 0.25) is 5.91 Å². The third-order valence-corrected chi connectivity index (χ3v) is 2.47. The van der Waals surface area contributed by atoms with E-state index in [4.69, 9.17) is 4.74 Å². The van der Waals surface area contributed by atoms with Gasteiger partial charge in [0.05, 0.1) is 13.2 Å². The number of carbonyl (C=O) groups is 1. The summed E-state index contributed by atoms with van der Waals surface area (Å²) in [5.41, 5.74) is 0.293. The zero-order chi connectivity index (χ0) is 10.6. The lowest BCUT2D eigenvalue weighted by Crippen LogP contribution is -2.47. The molecule has 1 aliphatic heterocycles. The van der Waals surface area contributed by atoms with Crippen LogP contribution in [0.3, 0.4) is 0 Å². The zero-order valence-electron chi connectivity index (χ0n) is 9.30. The van der Waals surface area contributed by atoms with E-state index in [1.807, 2.05) is 0 Å². The predicted molar refractivity (Wildman–Crippen MR) is 55.1 cm³/mol. The van der Waals surface area contributed by atoms with Gasteiger partial charge in [0.15, 0.2) is 0 Å². The fraction of sp³-hybridized carbons (Fsp3) is 0.900. The van der Waals surface area contributed by atoms with Gasteiger partial charge in [0, 0.05) is 39.0 Å². The van der Waals surface area contributed by atoms with Gasteiger partial charge in [-0.2, -0.15) is 0 Å². The second kappa shape index (κ2) is 4.75. The van der Waals surface area contributed by atoms with Crippen LogP contribution in [-0.2, 0) is 9.53 Å². The van der Waals surface area contributed by atoms with Crippen molar-refractivity contribution in [2.45, 2.75) is 13.3 Å². The highest BCUT2D eigenvalue weighted by atomic mass is 16.5. The van der Waals surface area contributed by atoms with Gasteiger partial charge in [-0.05, 0) is 0 Å². The van der Waals surface area contributed by atoms with Crippen molar-refractivity contribution in [1.29, 1.82) is 0 Å². The maximum atomic E-state index is 11.2. The molecule has 0 unspecified atom stereocenters. The van der Waals surface area contributed by atoms with E-state index in [-0.39, 0.29) is 5.91 Å². The third kappa shape index (κ3) is 3.27. The van der Waals surface area contributed by atoms with E-state index in [1.165, 1.54) is 0 Å². The van der Waals surface area contributed by atoms with Crippen LogP contribution in [0.1, 0.15) is 13.3 Å². The van der Waals surface area contributed by atoms with Gasteiger partial charge in [-0.25, -0.2) is 0 Å². The van der Waals surface area contributed by atoms with Gasteiger partial charge in [-0.1, -0.05) is 6.92 Å². The molecular formula is C10H20N2O2. The van der Waals surface area contributed by atoms with Crippen molar-refractivity contribution in [2.24, 2.45) is 5.41 Å². The SMILES string of the molecule is CN(C)C(=O)CCNCC1(C)COC1. The normalized spacial score (nSPS) is 18.8. The molecule has 0 aromatic rings. The highest BCUT2D eigenvalue weighted by Gasteiger charge is 2.32. The number of rotatable bonds is 5. The van der Waals surface area contributed by atoms with Crippen molar-refractivity contribution < 1.29 is 9.53 Å². The Kier molecular flexibility index (Phi) is 3.89. The van der Waals surface area contributed by atoms with Crippen LogP contribution in [0.4, 0.5) is 0 Å². The number of carbonyl (C=O) groups excluding carboxylic acids is 1. The lowest BCUT2D eigenvalue weighted by atomic mass is 9.89. The van der Waals surface area contributed by atoms with Crippen LogP contribution in [-0.4, -0.2) is 51.2 Å². The lowest BCUT2D eigenvalue weighted by Gasteiger charge is -2.38. The fourth-order valence-electron chi connectivity index (χ4n) is 1.36. The Morgan fingerprint density at radius 1 is 1.50 bits per heavy atom. The van der Waals surface area contributed by atoms with Crippen molar-refractivity contribution in [3.05, 3.63) is 0 Å². The van der Waals surface area contributed by atoms with Crippen LogP contribution >= 0.6 is 0 Å². The molecule has 0 aromatic carbocycles. The molecule has 1 rings (SSSR count). The molecule has 1 aliphatic rings. The van der Waals surface area contributed by atoms with Crippen LogP contribution in [0.15, 0.2) is 0 Å². The van der Waals surface area contributed by atoms with Crippen molar-refractivity contribution >= 4 is 5.91 Å². The maximum absolute atomic E-state index is 11.2. The molecule has 1 fully saturated rings. The summed E-state index contributed by atoms with van der Waals surface area (Å²) in [4.78, 5) is 12.8. The minimum atomic E-state index is 0.174. The Labute approximate surface area is 85.6 Å². The van der Waals surface area contributed by atoms with Gasteiger partial charge >= 0.3 is 0 Å². The first-order valence-corrected chi connectivity index (χ1v) is 5.02. The minimum Gasteiger partial charge on any atom is -0.380 e. The molecule has 1 heterocycles. The smallest absolute Gasteiger partial charge is 0.223 e. The average Bonchev–Trinajstić information content (AvgIpc) is 2.09. The van der Waals surface area contributed by atoms with E-state index < -0.39 is 0 Å². The molecule has 1 saturated heterocycles. The average molecular weight is 200 g/mol. The first kappa shape index (κ1) is 11.5. The third-order valence-electron chi connectivity index (χ3n) is 2.47. The van der Waals surface area contributed by atoms with Crippen molar-refractivity contribution in [2.75, 3.05) is 40.4 Å². The Balaban J connectivity index is 2.02. The molecule has 0 spiro atoms. The van der Waals surface area contributed by atoms with Crippen LogP contribution in [0.25, 0.3) is 0 Å². The summed E-state index contributed by atoms with van der Waals surface area (Å²) >= 11 is 0. The van der Waals surface area contributed by atoms with Crippen LogP contribution < -0.4 is 5.32 Å². The summed E-state index contributed by atoms with van der Waals surface area (Å²) in [7, 11) is 3.56. The Hall–Kier alpha value is -0.610. The van der Waals surface area contributed by atoms with Crippen LogP contribution in [0, 0.1) is 5.41 Å². The molecule has 0 aromatic heterocycles. The van der Waals surface area contributed by atoms with E-state index in [2.05, 4.69) is 12.2 Å². The van der Waals surface area contributed by atoms with Crippen molar-refractivity contribution in [3.63, 3.8) is 0 Å². The van der Waals surface area contributed by atoms with E-state index in [0.717, 1.165) is 26.3 Å². The summed E-state index contributed by atoms with van der Waals surface area (Å²) in [5, 5.41) is 3.29. The molecule has 1 N–H and O–H groups in total. The molecule has 82 valence electrons. The minimum absolute atomic E-state index is 0.174. The Morgan fingerprint density at radius 3 is 2.57 bits per heavy atom. The number of ether oxygens (including phenoxy) is 1. The monoisotopic (exact) mass is 200 g/mol. The van der Waals surface area contributed by atoms with E-state index >= 15 is 0 Å². The summed E-state index contributed by atoms with van der Waals surface area (Å²) in [6.07, 6.45) is 0.573. The number of hydrogen-bond donors (Lipinski definition) is 1. The summed E-state index contributed by atoms with van der Waals surface area (Å²) in [5.74, 6) is 0.174. The molecule has 0 atom stereocenters. The lowest BCUT2D eigenvalue weighted by molar-refractivity contribution is -0.128. The van der Waals surface area contributed by atoms with Gasteiger partial charge in [0.25, 0.3) is 0 Å². The van der Waals surface area contributed by atoms with Gasteiger partial charge < -0.3 is 15.0 Å². The van der Waals surface area contributed by atoms with E-state index in [1.54, 1.807) is 19.0 Å². The zero-order valence-corrected chi connectivity index (χ0v) is 9.30. The fourth-order valence-corrected chi connectivity index (χ4v) is 1.36. The number of nitrogens with one attached hydrogen (secondary N) is 1. The van der Waals surface area contributed by atoms with Gasteiger partial charge in [-0.3, -0.25) is 4.79 Å². The molecule has 0 aliphatic carbocycles. The highest BCUT2D eigenvalue weighted by Crippen LogP contribution is 2.24. The summed E-state index contributed by atoms with van der Waals surface area (Å²) < 4.78 is 5.14. The largest absolute Gasteiger partial charge is 0.380 e. The van der Waals surface area contributed by atoms with Crippen molar-refractivity contribution in [3.8, 4) is 0 Å². The Morgan fingerprint density at radius 2 is 2.14 bits per heavy atom. The summed E-state index contributed by atoms with van der Waals surface area (Å²) in [6.45, 7) is 5.56. The molecule has 1 amide bonds. The molecule has 0 bridgehead atoms. The topological polar surface area (TPSA) is 41.6 Å². The number of amides is 1. The quantitative estimate of drug-likeness (QED) is 0.640. The predicted octanol–water partition coefficient (Wildman–Crippen LogP) is 0.0908. The molecule has 4 nitrogen and oxygen atoms in total. The van der Waals surface area contributed by atoms with Crippen LogP contribution in [0.2, 0.25) is 0 Å². The molecule has 4 heteroatoms. The number of nitrogens with zero attached hydrogens (tertiary/aromatic N) is 1. The van der Waals surface area contributed by atoms with E-state index in [0.29, 0.717) is 11.8 Å². The summed E-state index contributed by atoms with van der Waals surface area (Å²) in [6, 6.07) is 0. The second-order valence-corrected chi connectivity index (χ2v) is 4.52. The second-order valence-electron chi connectivity index (χ2n) is 4.52.